The molecule has 1 heteroatoms. The zero-order valence-electron chi connectivity index (χ0n) is 7.52. The van der Waals surface area contributed by atoms with Crippen molar-refractivity contribution in [2.45, 2.75) is 32.1 Å². The first kappa shape index (κ1) is 7.78. The summed E-state index contributed by atoms with van der Waals surface area (Å²) in [5.74, 6) is -0.105. The maximum Gasteiger partial charge on any atom is 0.123 e. The zero-order chi connectivity index (χ0) is 8.77. The van der Waals surface area contributed by atoms with Crippen LogP contribution in [-0.2, 0) is 11.8 Å². The van der Waals surface area contributed by atoms with Crippen LogP contribution in [0.4, 0.5) is 4.39 Å². The van der Waals surface area contributed by atoms with Gasteiger partial charge in [-0.05, 0) is 41.5 Å². The van der Waals surface area contributed by atoms with Gasteiger partial charge in [-0.25, -0.2) is 4.39 Å². The molecule has 64 valence electrons. The Balaban J connectivity index is 2.55. The Morgan fingerprint density at radius 1 is 1.33 bits per heavy atom. The van der Waals surface area contributed by atoms with Crippen LogP contribution in [0.2, 0.25) is 0 Å². The second-order valence-corrected chi connectivity index (χ2v) is 4.19. The summed E-state index contributed by atoms with van der Waals surface area (Å²) in [6, 6.07) is 5.16. The van der Waals surface area contributed by atoms with E-state index in [2.05, 4.69) is 13.8 Å². The summed E-state index contributed by atoms with van der Waals surface area (Å²) in [6.07, 6.45) is 2.17. The Hall–Kier alpha value is -0.850. The molecule has 1 aliphatic carbocycles. The number of hydrogen-bond donors (Lipinski definition) is 0. The van der Waals surface area contributed by atoms with Gasteiger partial charge >= 0.3 is 0 Å². The van der Waals surface area contributed by atoms with Crippen molar-refractivity contribution in [3.63, 3.8) is 0 Å². The predicted octanol–water partition coefficient (Wildman–Crippen LogP) is 3.05. The van der Waals surface area contributed by atoms with Crippen LogP contribution in [0.25, 0.3) is 0 Å². The van der Waals surface area contributed by atoms with Gasteiger partial charge in [-0.2, -0.15) is 0 Å². The second kappa shape index (κ2) is 2.32. The van der Waals surface area contributed by atoms with Crippen molar-refractivity contribution in [1.29, 1.82) is 0 Å². The van der Waals surface area contributed by atoms with Gasteiger partial charge in [-0.15, -0.1) is 0 Å². The van der Waals surface area contributed by atoms with Crippen molar-refractivity contribution in [3.8, 4) is 0 Å². The Labute approximate surface area is 72.4 Å². The van der Waals surface area contributed by atoms with E-state index in [4.69, 9.17) is 0 Å². The average molecular weight is 164 g/mol. The van der Waals surface area contributed by atoms with Crippen LogP contribution in [-0.4, -0.2) is 0 Å². The summed E-state index contributed by atoms with van der Waals surface area (Å²) in [7, 11) is 0. The van der Waals surface area contributed by atoms with Gasteiger partial charge in [0.1, 0.15) is 5.82 Å². The number of fused-ring (bicyclic) bond motifs is 1. The number of aryl methyl sites for hydroxylation is 1. The molecule has 0 radical (unpaired) electrons. The SMILES string of the molecule is CC1(C)CCc2cc(F)ccc21. The summed E-state index contributed by atoms with van der Waals surface area (Å²) < 4.78 is 12.8. The molecule has 0 saturated carbocycles. The molecule has 0 fully saturated rings. The predicted molar refractivity (Wildman–Crippen MR) is 47.7 cm³/mol. The maximum atomic E-state index is 12.8. The van der Waals surface area contributed by atoms with E-state index in [1.54, 1.807) is 12.1 Å². The second-order valence-electron chi connectivity index (χ2n) is 4.19. The van der Waals surface area contributed by atoms with Gasteiger partial charge in [-0.3, -0.25) is 0 Å². The molecule has 0 unspecified atom stereocenters. The summed E-state index contributed by atoms with van der Waals surface area (Å²) in [6.45, 7) is 4.44. The molecule has 0 aliphatic heterocycles. The first-order chi connectivity index (χ1) is 5.59. The van der Waals surface area contributed by atoms with Crippen LogP contribution in [0.15, 0.2) is 18.2 Å². The Morgan fingerprint density at radius 2 is 2.08 bits per heavy atom. The van der Waals surface area contributed by atoms with Crippen molar-refractivity contribution >= 4 is 0 Å². The third kappa shape index (κ3) is 1.04. The molecule has 0 amide bonds. The molecule has 0 aromatic heterocycles. The standard InChI is InChI=1S/C11H13F/c1-11(2)6-5-8-7-9(12)3-4-10(8)11/h3-4,7H,5-6H2,1-2H3. The van der Waals surface area contributed by atoms with Crippen LogP contribution in [0.1, 0.15) is 31.4 Å². The Bertz CT molecular complexity index is 313. The third-order valence-corrected chi connectivity index (χ3v) is 2.82. The molecule has 0 bridgehead atoms. The molecule has 0 nitrogen and oxygen atoms in total. The Kier molecular flexibility index (Phi) is 1.50. The molecular formula is C11H13F. The zero-order valence-corrected chi connectivity index (χ0v) is 7.52. The highest BCUT2D eigenvalue weighted by Crippen LogP contribution is 2.38. The molecule has 0 saturated heterocycles. The van der Waals surface area contributed by atoms with Crippen molar-refractivity contribution in [2.24, 2.45) is 0 Å². The minimum Gasteiger partial charge on any atom is -0.207 e. The number of benzene rings is 1. The molecule has 0 atom stereocenters. The first-order valence-electron chi connectivity index (χ1n) is 4.38. The molecular weight excluding hydrogens is 151 g/mol. The van der Waals surface area contributed by atoms with Crippen LogP contribution in [0.3, 0.4) is 0 Å². The van der Waals surface area contributed by atoms with Gasteiger partial charge in [0.2, 0.25) is 0 Å². The lowest BCUT2D eigenvalue weighted by Crippen LogP contribution is -2.11. The van der Waals surface area contributed by atoms with Crippen LogP contribution in [0.5, 0.6) is 0 Å². The summed E-state index contributed by atoms with van der Waals surface area (Å²) >= 11 is 0. The van der Waals surface area contributed by atoms with E-state index in [1.165, 1.54) is 11.1 Å². The van der Waals surface area contributed by atoms with Gasteiger partial charge in [0.15, 0.2) is 0 Å². The summed E-state index contributed by atoms with van der Waals surface area (Å²) in [5.41, 5.74) is 2.77. The van der Waals surface area contributed by atoms with Crippen molar-refractivity contribution in [1.82, 2.24) is 0 Å². The fourth-order valence-electron chi connectivity index (χ4n) is 2.01. The number of halogens is 1. The van der Waals surface area contributed by atoms with Gasteiger partial charge in [0.25, 0.3) is 0 Å². The topological polar surface area (TPSA) is 0 Å². The fraction of sp³-hybridized carbons (Fsp3) is 0.455. The highest BCUT2D eigenvalue weighted by atomic mass is 19.1. The van der Waals surface area contributed by atoms with Gasteiger partial charge in [-0.1, -0.05) is 19.9 Å². The molecule has 1 aromatic rings. The van der Waals surface area contributed by atoms with Crippen molar-refractivity contribution in [3.05, 3.63) is 35.1 Å². The highest BCUT2D eigenvalue weighted by Gasteiger charge is 2.29. The summed E-state index contributed by atoms with van der Waals surface area (Å²) in [4.78, 5) is 0. The van der Waals surface area contributed by atoms with E-state index in [-0.39, 0.29) is 11.2 Å². The molecule has 0 N–H and O–H groups in total. The van der Waals surface area contributed by atoms with E-state index in [1.807, 2.05) is 6.07 Å². The minimum absolute atomic E-state index is 0.105. The van der Waals surface area contributed by atoms with E-state index in [0.29, 0.717) is 0 Å². The number of rotatable bonds is 0. The van der Waals surface area contributed by atoms with E-state index >= 15 is 0 Å². The number of hydrogen-bond acceptors (Lipinski definition) is 0. The first-order valence-corrected chi connectivity index (χ1v) is 4.38. The average Bonchev–Trinajstić information content (AvgIpc) is 2.27. The molecule has 1 aromatic carbocycles. The monoisotopic (exact) mass is 164 g/mol. The molecule has 2 rings (SSSR count). The lowest BCUT2D eigenvalue weighted by molar-refractivity contribution is 0.522. The highest BCUT2D eigenvalue weighted by molar-refractivity contribution is 5.38. The lowest BCUT2D eigenvalue weighted by atomic mass is 9.87. The normalized spacial score (nSPS) is 19.2. The largest absolute Gasteiger partial charge is 0.207 e. The van der Waals surface area contributed by atoms with Gasteiger partial charge < -0.3 is 0 Å². The van der Waals surface area contributed by atoms with E-state index < -0.39 is 0 Å². The van der Waals surface area contributed by atoms with Crippen LogP contribution >= 0.6 is 0 Å². The van der Waals surface area contributed by atoms with E-state index in [9.17, 15) is 4.39 Å². The van der Waals surface area contributed by atoms with Gasteiger partial charge in [0.05, 0.1) is 0 Å². The third-order valence-electron chi connectivity index (χ3n) is 2.82. The maximum absolute atomic E-state index is 12.8. The smallest absolute Gasteiger partial charge is 0.123 e. The minimum atomic E-state index is -0.105. The van der Waals surface area contributed by atoms with Crippen LogP contribution in [0, 0.1) is 5.82 Å². The Morgan fingerprint density at radius 3 is 2.83 bits per heavy atom. The lowest BCUT2D eigenvalue weighted by Gasteiger charge is -2.18. The molecule has 12 heavy (non-hydrogen) atoms. The van der Waals surface area contributed by atoms with Crippen molar-refractivity contribution < 1.29 is 4.39 Å². The molecule has 1 aliphatic rings. The van der Waals surface area contributed by atoms with E-state index in [0.717, 1.165) is 12.8 Å². The van der Waals surface area contributed by atoms with Crippen molar-refractivity contribution in [2.75, 3.05) is 0 Å². The summed E-state index contributed by atoms with van der Waals surface area (Å²) in [5, 5.41) is 0. The van der Waals surface area contributed by atoms with Gasteiger partial charge in [0, 0.05) is 0 Å². The quantitative estimate of drug-likeness (QED) is 0.553. The van der Waals surface area contributed by atoms with Crippen LogP contribution < -0.4 is 0 Å². The fourth-order valence-corrected chi connectivity index (χ4v) is 2.01. The molecule has 0 heterocycles. The molecule has 0 spiro atoms.